The second-order valence-electron chi connectivity index (χ2n) is 12.8. The average molecular weight is 623 g/mol. The summed E-state index contributed by atoms with van der Waals surface area (Å²) in [5, 5.41) is 9.68. The third kappa shape index (κ3) is 4.33. The van der Waals surface area contributed by atoms with Gasteiger partial charge < -0.3 is 4.42 Å². The fourth-order valence-electron chi connectivity index (χ4n) is 7.93. The normalized spacial score (nSPS) is 11.7. The Bertz CT molecular complexity index is 2810. The Kier molecular flexibility index (Phi) is 6.25. The summed E-state index contributed by atoms with van der Waals surface area (Å²) >= 11 is 0. The van der Waals surface area contributed by atoms with Crippen LogP contribution >= 0.6 is 0 Å². The molecule has 0 aliphatic rings. The van der Waals surface area contributed by atoms with E-state index in [1.165, 1.54) is 71.3 Å². The molecule has 0 amide bonds. The molecule has 0 atom stereocenters. The quantitative estimate of drug-likeness (QED) is 0.178. The zero-order valence-corrected chi connectivity index (χ0v) is 26.7. The van der Waals surface area contributed by atoms with Gasteiger partial charge in [0, 0.05) is 16.3 Å². The summed E-state index contributed by atoms with van der Waals surface area (Å²) in [6.45, 7) is 0. The van der Waals surface area contributed by atoms with E-state index in [2.05, 4.69) is 182 Å². The fraction of sp³-hybridized carbons (Fsp3) is 0. The summed E-state index contributed by atoms with van der Waals surface area (Å²) in [5.74, 6) is 0. The SMILES string of the molecule is c1ccc(-c2ccccc2-c2c3ccccc3c(-c3ccc4oc5c(-c6cccc7ccccc67)cccc5c4c3)c3ccccc23)cc1. The zero-order valence-electron chi connectivity index (χ0n) is 26.7. The Hall–Kier alpha value is -6.44. The summed E-state index contributed by atoms with van der Waals surface area (Å²) in [6, 6.07) is 65.6. The van der Waals surface area contributed by atoms with E-state index in [4.69, 9.17) is 4.42 Å². The van der Waals surface area contributed by atoms with Crippen LogP contribution in [0.3, 0.4) is 0 Å². The van der Waals surface area contributed by atoms with Gasteiger partial charge >= 0.3 is 0 Å². The third-order valence-electron chi connectivity index (χ3n) is 10.1. The zero-order chi connectivity index (χ0) is 32.3. The molecule has 0 N–H and O–H groups in total. The number of benzene rings is 9. The molecule has 10 aromatic rings. The van der Waals surface area contributed by atoms with E-state index < -0.39 is 0 Å². The predicted octanol–water partition coefficient (Wildman–Crippen LogP) is 13.7. The minimum absolute atomic E-state index is 0.897. The van der Waals surface area contributed by atoms with Crippen LogP contribution in [-0.4, -0.2) is 0 Å². The first-order valence-electron chi connectivity index (χ1n) is 16.9. The number of fused-ring (bicyclic) bond motifs is 6. The fourth-order valence-corrected chi connectivity index (χ4v) is 7.93. The Labute approximate surface area is 284 Å². The van der Waals surface area contributed by atoms with Crippen molar-refractivity contribution in [1.29, 1.82) is 0 Å². The van der Waals surface area contributed by atoms with Gasteiger partial charge in [-0.05, 0) is 83.4 Å². The van der Waals surface area contributed by atoms with Crippen molar-refractivity contribution in [3.05, 3.63) is 182 Å². The Morgan fingerprint density at radius 1 is 0.286 bits per heavy atom. The maximum Gasteiger partial charge on any atom is 0.143 e. The van der Waals surface area contributed by atoms with Gasteiger partial charge in [-0.25, -0.2) is 0 Å². The number of furan rings is 1. The minimum Gasteiger partial charge on any atom is -0.455 e. The van der Waals surface area contributed by atoms with Gasteiger partial charge in [-0.2, -0.15) is 0 Å². The molecule has 0 aliphatic carbocycles. The van der Waals surface area contributed by atoms with Crippen molar-refractivity contribution < 1.29 is 4.42 Å². The summed E-state index contributed by atoms with van der Waals surface area (Å²) in [5.41, 5.74) is 11.5. The first-order chi connectivity index (χ1) is 24.3. The number of hydrogen-bond acceptors (Lipinski definition) is 1. The van der Waals surface area contributed by atoms with E-state index in [1.807, 2.05) is 0 Å². The van der Waals surface area contributed by atoms with Crippen molar-refractivity contribution >= 4 is 54.3 Å². The van der Waals surface area contributed by atoms with Crippen molar-refractivity contribution in [2.24, 2.45) is 0 Å². The van der Waals surface area contributed by atoms with E-state index in [0.29, 0.717) is 0 Å². The van der Waals surface area contributed by atoms with Crippen LogP contribution < -0.4 is 0 Å². The standard InChI is InChI=1S/C48H30O/c1-2-14-31(15-3-1)35-19-6-7-20-37(35)47-40-23-10-8-21-38(40)46(39-22-9-11-24-41(39)47)33-28-29-45-44(30-33)43-27-13-26-42(48(43)49-45)36-25-12-17-32-16-4-5-18-34(32)36/h1-30H. The first-order valence-corrected chi connectivity index (χ1v) is 16.9. The van der Waals surface area contributed by atoms with Gasteiger partial charge in [0.2, 0.25) is 0 Å². The van der Waals surface area contributed by atoms with Gasteiger partial charge in [0.1, 0.15) is 11.2 Å². The molecule has 1 aromatic heterocycles. The van der Waals surface area contributed by atoms with Gasteiger partial charge in [0.05, 0.1) is 0 Å². The summed E-state index contributed by atoms with van der Waals surface area (Å²) in [4.78, 5) is 0. The molecule has 1 heteroatoms. The number of hydrogen-bond donors (Lipinski definition) is 0. The van der Waals surface area contributed by atoms with Gasteiger partial charge in [0.15, 0.2) is 0 Å². The van der Waals surface area contributed by atoms with E-state index in [-0.39, 0.29) is 0 Å². The van der Waals surface area contributed by atoms with E-state index >= 15 is 0 Å². The molecule has 9 aromatic carbocycles. The van der Waals surface area contributed by atoms with Crippen LogP contribution in [0.1, 0.15) is 0 Å². The lowest BCUT2D eigenvalue weighted by atomic mass is 9.83. The third-order valence-corrected chi connectivity index (χ3v) is 10.1. The summed E-state index contributed by atoms with van der Waals surface area (Å²) < 4.78 is 6.68. The molecule has 0 bridgehead atoms. The van der Waals surface area contributed by atoms with Gasteiger partial charge in [-0.1, -0.05) is 170 Å². The van der Waals surface area contributed by atoms with Crippen LogP contribution in [0, 0.1) is 0 Å². The number of para-hydroxylation sites is 1. The molecule has 0 spiro atoms. The van der Waals surface area contributed by atoms with E-state index in [0.717, 1.165) is 27.5 Å². The topological polar surface area (TPSA) is 13.1 Å². The molecule has 0 radical (unpaired) electrons. The van der Waals surface area contributed by atoms with Crippen LogP contribution in [-0.2, 0) is 0 Å². The van der Waals surface area contributed by atoms with Crippen molar-refractivity contribution in [2.45, 2.75) is 0 Å². The molecule has 0 saturated heterocycles. The highest BCUT2D eigenvalue weighted by atomic mass is 16.3. The molecule has 0 fully saturated rings. The van der Waals surface area contributed by atoms with Crippen molar-refractivity contribution in [1.82, 2.24) is 0 Å². The monoisotopic (exact) mass is 622 g/mol. The Morgan fingerprint density at radius 3 is 1.57 bits per heavy atom. The smallest absolute Gasteiger partial charge is 0.143 e. The highest BCUT2D eigenvalue weighted by Gasteiger charge is 2.20. The predicted molar refractivity (Wildman–Crippen MR) is 208 cm³/mol. The van der Waals surface area contributed by atoms with Gasteiger partial charge in [-0.3, -0.25) is 0 Å². The summed E-state index contributed by atoms with van der Waals surface area (Å²) in [7, 11) is 0. The second-order valence-corrected chi connectivity index (χ2v) is 12.8. The molecule has 0 unspecified atom stereocenters. The lowest BCUT2D eigenvalue weighted by Gasteiger charge is -2.19. The molecule has 49 heavy (non-hydrogen) atoms. The van der Waals surface area contributed by atoms with Crippen LogP contribution in [0.15, 0.2) is 186 Å². The minimum atomic E-state index is 0.897. The highest BCUT2D eigenvalue weighted by molar-refractivity contribution is 6.23. The van der Waals surface area contributed by atoms with Crippen molar-refractivity contribution in [3.8, 4) is 44.5 Å². The van der Waals surface area contributed by atoms with Crippen molar-refractivity contribution in [3.63, 3.8) is 0 Å². The van der Waals surface area contributed by atoms with E-state index in [9.17, 15) is 0 Å². The molecule has 1 heterocycles. The molecule has 228 valence electrons. The van der Waals surface area contributed by atoms with Crippen LogP contribution in [0.5, 0.6) is 0 Å². The van der Waals surface area contributed by atoms with Gasteiger partial charge in [0.25, 0.3) is 0 Å². The van der Waals surface area contributed by atoms with Crippen LogP contribution in [0.4, 0.5) is 0 Å². The molecule has 0 saturated carbocycles. The Balaban J connectivity index is 1.23. The maximum atomic E-state index is 6.68. The molecule has 10 rings (SSSR count). The average Bonchev–Trinajstić information content (AvgIpc) is 3.55. The second kappa shape index (κ2) is 11.1. The molecule has 0 aliphatic heterocycles. The lowest BCUT2D eigenvalue weighted by Crippen LogP contribution is -1.92. The molecular formula is C48H30O. The lowest BCUT2D eigenvalue weighted by molar-refractivity contribution is 0.670. The van der Waals surface area contributed by atoms with Crippen LogP contribution in [0.25, 0.3) is 98.8 Å². The number of rotatable bonds is 4. The van der Waals surface area contributed by atoms with Crippen LogP contribution in [0.2, 0.25) is 0 Å². The maximum absolute atomic E-state index is 6.68. The van der Waals surface area contributed by atoms with Crippen molar-refractivity contribution in [2.75, 3.05) is 0 Å². The Morgan fingerprint density at radius 2 is 0.816 bits per heavy atom. The molecule has 1 nitrogen and oxygen atoms in total. The first kappa shape index (κ1) is 27.7. The highest BCUT2D eigenvalue weighted by Crippen LogP contribution is 2.47. The van der Waals surface area contributed by atoms with Gasteiger partial charge in [-0.15, -0.1) is 0 Å². The van der Waals surface area contributed by atoms with E-state index in [1.54, 1.807) is 0 Å². The summed E-state index contributed by atoms with van der Waals surface area (Å²) in [6.07, 6.45) is 0. The molecular weight excluding hydrogens is 593 g/mol. The largest absolute Gasteiger partial charge is 0.455 e.